The number of anilines is 2. The molecule has 0 aliphatic rings. The lowest BCUT2D eigenvalue weighted by Crippen LogP contribution is -2.06. The molecule has 1 heterocycles. The number of hydrogen-bond donors (Lipinski definition) is 1. The molecule has 0 aliphatic carbocycles. The number of hydrogen-bond acceptors (Lipinski definition) is 5. The first-order chi connectivity index (χ1) is 10.9. The van der Waals surface area contributed by atoms with Crippen LogP contribution in [0.1, 0.15) is 18.9 Å². The maximum absolute atomic E-state index is 4.54. The van der Waals surface area contributed by atoms with Gasteiger partial charge in [0, 0.05) is 5.69 Å². The van der Waals surface area contributed by atoms with Crippen LogP contribution < -0.4 is 5.32 Å². The van der Waals surface area contributed by atoms with E-state index >= 15 is 0 Å². The van der Waals surface area contributed by atoms with Crippen molar-refractivity contribution in [3.8, 4) is 0 Å². The molecule has 0 aliphatic heterocycles. The molecule has 110 valence electrons. The minimum atomic E-state index is 0.480. The van der Waals surface area contributed by atoms with Crippen LogP contribution in [0.2, 0.25) is 0 Å². The van der Waals surface area contributed by atoms with Crippen molar-refractivity contribution < 1.29 is 0 Å². The van der Waals surface area contributed by atoms with Crippen molar-refractivity contribution in [3.05, 3.63) is 66.2 Å². The lowest BCUT2D eigenvalue weighted by molar-refractivity contribution is 0.693. The molecule has 0 radical (unpaired) electrons. The Hall–Kier alpha value is -3.02. The molecule has 0 bridgehead atoms. The molecule has 0 unspecified atom stereocenters. The van der Waals surface area contributed by atoms with Crippen LogP contribution in [0.15, 0.2) is 65.8 Å². The Labute approximate surface area is 128 Å². The molecule has 0 fully saturated rings. The predicted octanol–water partition coefficient (Wildman–Crippen LogP) is 3.08. The highest BCUT2D eigenvalue weighted by Crippen LogP contribution is 2.13. The zero-order chi connectivity index (χ0) is 15.2. The van der Waals surface area contributed by atoms with Gasteiger partial charge >= 0.3 is 0 Å². The molecular formula is C16H16N6. The van der Waals surface area contributed by atoms with E-state index in [1.165, 1.54) is 4.79 Å². The maximum atomic E-state index is 4.54. The number of nitrogens with zero attached hydrogens (tertiary/aromatic N) is 5. The third-order valence-corrected chi connectivity index (χ3v) is 3.14. The van der Waals surface area contributed by atoms with Gasteiger partial charge in [0.25, 0.3) is 5.95 Å². The van der Waals surface area contributed by atoms with E-state index in [-0.39, 0.29) is 0 Å². The highest BCUT2D eigenvalue weighted by atomic mass is 15.7. The second-order valence-electron chi connectivity index (χ2n) is 4.65. The monoisotopic (exact) mass is 292 g/mol. The average Bonchev–Trinajstić information content (AvgIpc) is 3.01. The Morgan fingerprint density at radius 2 is 1.73 bits per heavy atom. The van der Waals surface area contributed by atoms with Gasteiger partial charge in [-0.1, -0.05) is 65.3 Å². The van der Waals surface area contributed by atoms with Crippen LogP contribution in [0.3, 0.4) is 0 Å². The Morgan fingerprint density at radius 3 is 2.41 bits per heavy atom. The standard InChI is InChI=1S/C16H16N6/c1-2-15(13-9-5-3-6-10-13)19-22-16(18-20-21-22)17-14-11-7-4-8-12-14/h3-12H,2H2,1H3,(H,17,18,21)/b19-15-. The van der Waals surface area contributed by atoms with Crippen molar-refractivity contribution >= 4 is 17.3 Å². The summed E-state index contributed by atoms with van der Waals surface area (Å²) in [4.78, 5) is 1.42. The van der Waals surface area contributed by atoms with Crippen LogP contribution >= 0.6 is 0 Å². The summed E-state index contributed by atoms with van der Waals surface area (Å²) in [5.74, 6) is 0.480. The van der Waals surface area contributed by atoms with Crippen molar-refractivity contribution in [2.24, 2.45) is 5.10 Å². The van der Waals surface area contributed by atoms with Crippen LogP contribution in [0.5, 0.6) is 0 Å². The minimum Gasteiger partial charge on any atom is -0.321 e. The molecule has 3 aromatic rings. The third kappa shape index (κ3) is 3.17. The van der Waals surface area contributed by atoms with Crippen LogP contribution in [-0.2, 0) is 0 Å². The van der Waals surface area contributed by atoms with Crippen molar-refractivity contribution in [3.63, 3.8) is 0 Å². The molecule has 1 N–H and O–H groups in total. The molecular weight excluding hydrogens is 276 g/mol. The molecule has 2 aromatic carbocycles. The lowest BCUT2D eigenvalue weighted by Gasteiger charge is -2.06. The summed E-state index contributed by atoms with van der Waals surface area (Å²) in [5.41, 5.74) is 2.89. The van der Waals surface area contributed by atoms with Gasteiger partial charge in [0.05, 0.1) is 5.71 Å². The van der Waals surface area contributed by atoms with Crippen molar-refractivity contribution in [2.45, 2.75) is 13.3 Å². The van der Waals surface area contributed by atoms with Gasteiger partial charge in [-0.3, -0.25) is 0 Å². The van der Waals surface area contributed by atoms with Gasteiger partial charge in [0.1, 0.15) is 0 Å². The van der Waals surface area contributed by atoms with Gasteiger partial charge in [-0.05, 0) is 34.5 Å². The topological polar surface area (TPSA) is 68.0 Å². The van der Waals surface area contributed by atoms with Crippen molar-refractivity contribution in [1.29, 1.82) is 0 Å². The molecule has 6 nitrogen and oxygen atoms in total. The molecule has 0 saturated carbocycles. The Morgan fingerprint density at radius 1 is 1.05 bits per heavy atom. The van der Waals surface area contributed by atoms with E-state index in [2.05, 4.69) is 32.9 Å². The Kier molecular flexibility index (Phi) is 4.20. The fourth-order valence-corrected chi connectivity index (χ4v) is 2.05. The zero-order valence-corrected chi connectivity index (χ0v) is 12.2. The largest absolute Gasteiger partial charge is 0.321 e. The average molecular weight is 292 g/mol. The van der Waals surface area contributed by atoms with Crippen molar-refractivity contribution in [2.75, 3.05) is 5.32 Å². The third-order valence-electron chi connectivity index (χ3n) is 3.14. The maximum Gasteiger partial charge on any atom is 0.269 e. The van der Waals surface area contributed by atoms with Gasteiger partial charge in [-0.2, -0.15) is 0 Å². The molecule has 0 atom stereocenters. The molecule has 22 heavy (non-hydrogen) atoms. The first kappa shape index (κ1) is 13.9. The van der Waals surface area contributed by atoms with Crippen LogP contribution in [-0.4, -0.2) is 26.0 Å². The number of aromatic nitrogens is 4. The van der Waals surface area contributed by atoms with E-state index < -0.39 is 0 Å². The molecule has 3 rings (SSSR count). The summed E-state index contributed by atoms with van der Waals surface area (Å²) < 4.78 is 0. The number of tetrazole rings is 1. The normalized spacial score (nSPS) is 11.4. The van der Waals surface area contributed by atoms with Gasteiger partial charge in [-0.15, -0.1) is 5.10 Å². The minimum absolute atomic E-state index is 0.480. The predicted molar refractivity (Wildman–Crippen MR) is 86.2 cm³/mol. The smallest absolute Gasteiger partial charge is 0.269 e. The zero-order valence-electron chi connectivity index (χ0n) is 12.2. The molecule has 0 amide bonds. The molecule has 0 saturated heterocycles. The summed E-state index contributed by atoms with van der Waals surface area (Å²) in [6.07, 6.45) is 0.786. The number of rotatable bonds is 5. The van der Waals surface area contributed by atoms with Crippen molar-refractivity contribution in [1.82, 2.24) is 20.3 Å². The lowest BCUT2D eigenvalue weighted by atomic mass is 10.1. The first-order valence-electron chi connectivity index (χ1n) is 7.10. The van der Waals surface area contributed by atoms with E-state index in [1.54, 1.807) is 0 Å². The van der Waals surface area contributed by atoms with E-state index in [4.69, 9.17) is 0 Å². The highest BCUT2D eigenvalue weighted by molar-refractivity contribution is 6.00. The van der Waals surface area contributed by atoms with E-state index in [0.29, 0.717) is 5.95 Å². The van der Waals surface area contributed by atoms with E-state index in [1.807, 2.05) is 60.7 Å². The van der Waals surface area contributed by atoms with Crippen LogP contribution in [0.4, 0.5) is 11.6 Å². The van der Waals surface area contributed by atoms with E-state index in [9.17, 15) is 0 Å². The van der Waals surface area contributed by atoms with E-state index in [0.717, 1.165) is 23.4 Å². The molecule has 0 spiro atoms. The summed E-state index contributed by atoms with van der Waals surface area (Å²) in [6.45, 7) is 2.06. The summed E-state index contributed by atoms with van der Waals surface area (Å²) in [5, 5.41) is 19.3. The second-order valence-corrected chi connectivity index (χ2v) is 4.65. The number of nitrogens with one attached hydrogen (secondary N) is 1. The second kappa shape index (κ2) is 6.62. The van der Waals surface area contributed by atoms with Crippen LogP contribution in [0.25, 0.3) is 0 Å². The summed E-state index contributed by atoms with van der Waals surface area (Å²) in [7, 11) is 0. The Balaban J connectivity index is 1.89. The van der Waals surface area contributed by atoms with Gasteiger partial charge in [-0.25, -0.2) is 0 Å². The highest BCUT2D eigenvalue weighted by Gasteiger charge is 2.07. The molecule has 1 aromatic heterocycles. The fraction of sp³-hybridized carbons (Fsp3) is 0.125. The molecule has 6 heteroatoms. The van der Waals surface area contributed by atoms with Gasteiger partial charge < -0.3 is 5.32 Å². The number of benzene rings is 2. The quantitative estimate of drug-likeness (QED) is 0.734. The first-order valence-corrected chi connectivity index (χ1v) is 7.10. The van der Waals surface area contributed by atoms with Crippen LogP contribution in [0, 0.1) is 0 Å². The number of para-hydroxylation sites is 1. The fourth-order valence-electron chi connectivity index (χ4n) is 2.05. The summed E-state index contributed by atoms with van der Waals surface area (Å²) in [6, 6.07) is 19.7. The summed E-state index contributed by atoms with van der Waals surface area (Å²) >= 11 is 0. The SMILES string of the molecule is CC/C(=N/n1nnnc1Nc1ccccc1)c1ccccc1. The Bertz CT molecular complexity index is 749. The van der Waals surface area contributed by atoms with Gasteiger partial charge in [0.2, 0.25) is 0 Å². The van der Waals surface area contributed by atoms with Gasteiger partial charge in [0.15, 0.2) is 0 Å².